The highest BCUT2D eigenvalue weighted by Crippen LogP contribution is 2.24. The quantitative estimate of drug-likeness (QED) is 0.465. The van der Waals surface area contributed by atoms with Crippen molar-refractivity contribution in [2.24, 2.45) is 5.92 Å². The Morgan fingerprint density at radius 3 is 2.31 bits per heavy atom. The first-order valence-corrected chi connectivity index (χ1v) is 11.0. The second-order valence-electron chi connectivity index (χ2n) is 9.10. The van der Waals surface area contributed by atoms with Gasteiger partial charge in [-0.05, 0) is 64.4 Å². The number of amides is 1. The number of likely N-dealkylation sites (tertiary alicyclic amines) is 1. The van der Waals surface area contributed by atoms with Gasteiger partial charge in [0.25, 0.3) is 0 Å². The average Bonchev–Trinajstić information content (AvgIpc) is 2.69. The van der Waals surface area contributed by atoms with Crippen LogP contribution in [0, 0.1) is 5.92 Å². The van der Waals surface area contributed by atoms with Crippen molar-refractivity contribution in [2.45, 2.75) is 77.7 Å². The third kappa shape index (κ3) is 8.57. The van der Waals surface area contributed by atoms with Crippen molar-refractivity contribution in [3.05, 3.63) is 35.4 Å². The lowest BCUT2D eigenvalue weighted by Crippen LogP contribution is -2.41. The van der Waals surface area contributed by atoms with Crippen LogP contribution in [0.5, 0.6) is 0 Å². The summed E-state index contributed by atoms with van der Waals surface area (Å²) < 4.78 is 5.46. The van der Waals surface area contributed by atoms with Crippen LogP contribution in [-0.4, -0.2) is 47.2 Å². The molecule has 0 aliphatic carbocycles. The Hall–Kier alpha value is -1.88. The maximum Gasteiger partial charge on any atom is 0.410 e. The predicted octanol–water partition coefficient (Wildman–Crippen LogP) is 5.00. The zero-order valence-electron chi connectivity index (χ0n) is 18.3. The van der Waals surface area contributed by atoms with Crippen LogP contribution < -0.4 is 0 Å². The number of Topliss-reactive ketones (excluding diaryl/α,β-unsaturated/α-hetero) is 1. The van der Waals surface area contributed by atoms with Crippen LogP contribution in [0.3, 0.4) is 0 Å². The first kappa shape index (κ1) is 23.4. The van der Waals surface area contributed by atoms with Gasteiger partial charge in [0.15, 0.2) is 5.78 Å². The molecule has 1 heterocycles. The fraction of sp³-hybridized carbons (Fsp3) is 0.667. The van der Waals surface area contributed by atoms with Crippen molar-refractivity contribution in [2.75, 3.05) is 19.7 Å². The molecule has 1 aliphatic heterocycles. The summed E-state index contributed by atoms with van der Waals surface area (Å²) in [5.41, 5.74) is 1.57. The van der Waals surface area contributed by atoms with Gasteiger partial charge in [0.05, 0.1) is 0 Å². The van der Waals surface area contributed by atoms with E-state index in [2.05, 4.69) is 0 Å². The number of hydrogen-bond donors (Lipinski definition) is 1. The number of aliphatic hydroxyl groups is 1. The molecule has 1 aromatic rings. The zero-order valence-corrected chi connectivity index (χ0v) is 18.3. The Morgan fingerprint density at radius 1 is 1.07 bits per heavy atom. The van der Waals surface area contributed by atoms with Crippen LogP contribution >= 0.6 is 0 Å². The van der Waals surface area contributed by atoms with E-state index in [-0.39, 0.29) is 18.5 Å². The van der Waals surface area contributed by atoms with Gasteiger partial charge >= 0.3 is 6.09 Å². The maximum atomic E-state index is 12.1. The van der Waals surface area contributed by atoms with Crippen molar-refractivity contribution in [3.63, 3.8) is 0 Å². The predicted molar refractivity (Wildman–Crippen MR) is 115 cm³/mol. The summed E-state index contributed by atoms with van der Waals surface area (Å²) in [5, 5.41) is 8.82. The van der Waals surface area contributed by atoms with Gasteiger partial charge in [0.1, 0.15) is 5.60 Å². The second-order valence-corrected chi connectivity index (χ2v) is 9.10. The average molecular weight is 404 g/mol. The number of carbonyl (C=O) groups is 2. The molecule has 1 fully saturated rings. The highest BCUT2D eigenvalue weighted by Gasteiger charge is 2.26. The molecule has 0 bridgehead atoms. The van der Waals surface area contributed by atoms with Gasteiger partial charge in [-0.2, -0.15) is 0 Å². The van der Waals surface area contributed by atoms with Gasteiger partial charge in [-0.3, -0.25) is 4.79 Å². The Kier molecular flexibility index (Phi) is 9.15. The normalized spacial score (nSPS) is 15.4. The van der Waals surface area contributed by atoms with Crippen LogP contribution in [0.2, 0.25) is 0 Å². The topological polar surface area (TPSA) is 66.8 Å². The lowest BCUT2D eigenvalue weighted by atomic mass is 9.91. The van der Waals surface area contributed by atoms with Crippen LogP contribution in [-0.2, 0) is 11.2 Å². The van der Waals surface area contributed by atoms with Crippen LogP contribution in [0.25, 0.3) is 0 Å². The smallest absolute Gasteiger partial charge is 0.410 e. The van der Waals surface area contributed by atoms with Gasteiger partial charge in [0, 0.05) is 31.7 Å². The molecular formula is C24H37NO4. The molecule has 1 amide bonds. The van der Waals surface area contributed by atoms with Gasteiger partial charge in [-0.25, -0.2) is 4.79 Å². The lowest BCUT2D eigenvalue weighted by molar-refractivity contribution is 0.0180. The number of nitrogens with zero attached hydrogens (tertiary/aromatic N) is 1. The van der Waals surface area contributed by atoms with E-state index in [4.69, 9.17) is 9.84 Å². The van der Waals surface area contributed by atoms with Crippen LogP contribution in [0.15, 0.2) is 24.3 Å². The van der Waals surface area contributed by atoms with Gasteiger partial charge in [-0.15, -0.1) is 0 Å². The number of hydrogen-bond acceptors (Lipinski definition) is 4. The van der Waals surface area contributed by atoms with E-state index in [0.29, 0.717) is 18.8 Å². The number of aryl methyl sites for hydroxylation is 1. The van der Waals surface area contributed by atoms with E-state index in [1.807, 2.05) is 49.9 Å². The molecule has 29 heavy (non-hydrogen) atoms. The van der Waals surface area contributed by atoms with E-state index in [9.17, 15) is 9.59 Å². The van der Waals surface area contributed by atoms with Crippen molar-refractivity contribution >= 4 is 11.9 Å². The second kappa shape index (κ2) is 11.3. The molecule has 1 N–H and O–H groups in total. The standard InChI is InChI=1S/C24H37NO4/c1-24(2,3)29-23(28)25-16-14-20(15-17-25)8-5-4-7-19-10-12-21(13-11-19)22(27)9-6-18-26/h10-13,20,26H,4-9,14-18H2,1-3H3. The van der Waals surface area contributed by atoms with E-state index in [1.54, 1.807) is 0 Å². The maximum absolute atomic E-state index is 12.1. The van der Waals surface area contributed by atoms with E-state index < -0.39 is 5.60 Å². The Morgan fingerprint density at radius 2 is 1.72 bits per heavy atom. The molecule has 0 radical (unpaired) electrons. The first-order valence-electron chi connectivity index (χ1n) is 11.0. The number of rotatable bonds is 9. The molecule has 0 saturated carbocycles. The van der Waals surface area contributed by atoms with Gasteiger partial charge in [-0.1, -0.05) is 37.1 Å². The first-order chi connectivity index (χ1) is 13.8. The number of piperidine rings is 1. The molecule has 0 unspecified atom stereocenters. The molecule has 0 atom stereocenters. The SMILES string of the molecule is CC(C)(C)OC(=O)N1CCC(CCCCc2ccc(C(=O)CCCO)cc2)CC1. The van der Waals surface area contributed by atoms with E-state index in [0.717, 1.165) is 44.3 Å². The zero-order chi connectivity index (χ0) is 21.3. The van der Waals surface area contributed by atoms with Crippen molar-refractivity contribution in [3.8, 4) is 0 Å². The van der Waals surface area contributed by atoms with Gasteiger partial charge in [0.2, 0.25) is 0 Å². The minimum Gasteiger partial charge on any atom is -0.444 e. The summed E-state index contributed by atoms with van der Waals surface area (Å²) in [6.45, 7) is 7.36. The van der Waals surface area contributed by atoms with E-state index >= 15 is 0 Å². The number of ether oxygens (including phenoxy) is 1. The molecule has 1 saturated heterocycles. The fourth-order valence-electron chi connectivity index (χ4n) is 3.73. The summed E-state index contributed by atoms with van der Waals surface area (Å²) in [5.74, 6) is 0.795. The number of unbranched alkanes of at least 4 members (excludes halogenated alkanes) is 1. The summed E-state index contributed by atoms with van der Waals surface area (Å²) >= 11 is 0. The Balaban J connectivity index is 1.62. The third-order valence-electron chi connectivity index (χ3n) is 5.43. The molecule has 5 heteroatoms. The van der Waals surface area contributed by atoms with Crippen molar-refractivity contribution in [1.82, 2.24) is 4.90 Å². The molecule has 0 spiro atoms. The van der Waals surface area contributed by atoms with Crippen LogP contribution in [0.1, 0.15) is 81.6 Å². The third-order valence-corrected chi connectivity index (χ3v) is 5.43. The molecule has 0 aromatic heterocycles. The molecule has 5 nitrogen and oxygen atoms in total. The van der Waals surface area contributed by atoms with Crippen molar-refractivity contribution < 1.29 is 19.4 Å². The molecular weight excluding hydrogens is 366 g/mol. The molecule has 1 aliphatic rings. The largest absolute Gasteiger partial charge is 0.444 e. The fourth-order valence-corrected chi connectivity index (χ4v) is 3.73. The summed E-state index contributed by atoms with van der Waals surface area (Å²) in [4.78, 5) is 25.9. The summed E-state index contributed by atoms with van der Waals surface area (Å²) in [6.07, 6.45) is 7.43. The Labute approximate surface area is 175 Å². The molecule has 162 valence electrons. The highest BCUT2D eigenvalue weighted by atomic mass is 16.6. The van der Waals surface area contributed by atoms with Crippen LogP contribution in [0.4, 0.5) is 4.79 Å². The van der Waals surface area contributed by atoms with Crippen molar-refractivity contribution in [1.29, 1.82) is 0 Å². The lowest BCUT2D eigenvalue weighted by Gasteiger charge is -2.33. The Bertz CT molecular complexity index is 640. The number of aliphatic hydroxyl groups excluding tert-OH is 1. The summed E-state index contributed by atoms with van der Waals surface area (Å²) in [7, 11) is 0. The minimum absolute atomic E-state index is 0.0594. The minimum atomic E-state index is -0.432. The summed E-state index contributed by atoms with van der Waals surface area (Å²) in [6, 6.07) is 7.90. The monoisotopic (exact) mass is 403 g/mol. The van der Waals surface area contributed by atoms with Gasteiger partial charge < -0.3 is 14.7 Å². The molecule has 2 rings (SSSR count). The number of ketones is 1. The molecule has 1 aromatic carbocycles. The highest BCUT2D eigenvalue weighted by molar-refractivity contribution is 5.96. The number of carbonyl (C=O) groups excluding carboxylic acids is 2. The number of benzene rings is 1. The van der Waals surface area contributed by atoms with E-state index in [1.165, 1.54) is 18.4 Å².